The lowest BCUT2D eigenvalue weighted by molar-refractivity contribution is -0.403. The molecular weight excluding hydrogens is 1290 g/mol. The molecule has 36 heteroatoms. The summed E-state index contributed by atoms with van der Waals surface area (Å²) < 4.78 is 59.2. The Morgan fingerprint density at radius 2 is 1.08 bits per heavy atom. The number of aliphatic hydroxyl groups is 16. The fourth-order valence-electron chi connectivity index (χ4n) is 11.6. The van der Waals surface area contributed by atoms with Gasteiger partial charge >= 0.3 is 5.97 Å². The van der Waals surface area contributed by atoms with Crippen molar-refractivity contribution in [3.05, 3.63) is 12.2 Å². The van der Waals surface area contributed by atoms with E-state index in [-0.39, 0.29) is 0 Å². The second-order valence-corrected chi connectivity index (χ2v) is 24.9. The van der Waals surface area contributed by atoms with E-state index in [0.29, 0.717) is 6.42 Å². The highest BCUT2D eigenvalue weighted by molar-refractivity contribution is 6.53. The van der Waals surface area contributed by atoms with Crippen LogP contribution >= 0.6 is 23.2 Å². The number of allylic oxidation sites excluding steroid dienone is 1. The first-order valence-electron chi connectivity index (χ1n) is 31.2. The average molecular weight is 1390 g/mol. The molecule has 5 aliphatic heterocycles. The lowest BCUT2D eigenvalue weighted by Crippen LogP contribution is -2.72. The molecule has 28 atom stereocenters. The summed E-state index contributed by atoms with van der Waals surface area (Å²) in [7, 11) is 0. The highest BCUT2D eigenvalue weighted by Crippen LogP contribution is 2.41. The number of carbonyl (C=O) groups is 4. The molecule has 0 spiro atoms. The van der Waals surface area contributed by atoms with E-state index in [1.807, 2.05) is 0 Å². The van der Waals surface area contributed by atoms with Crippen molar-refractivity contribution in [1.29, 1.82) is 0 Å². The number of unbranched alkanes of at least 4 members (excludes halogenated alkanes) is 11. The third-order valence-corrected chi connectivity index (χ3v) is 17.2. The van der Waals surface area contributed by atoms with Gasteiger partial charge in [0.15, 0.2) is 30.0 Å². The second kappa shape index (κ2) is 39.1. The van der Waals surface area contributed by atoms with Crippen LogP contribution in [0.25, 0.3) is 0 Å². The highest BCUT2D eigenvalue weighted by atomic mass is 35.5. The maximum Gasteiger partial charge on any atom is 0.364 e. The minimum atomic E-state index is -3.39. The van der Waals surface area contributed by atoms with Gasteiger partial charge < -0.3 is 150 Å². The predicted octanol–water partition coefficient (Wildman–Crippen LogP) is -6.50. The molecule has 5 aliphatic rings. The molecule has 20 N–H and O–H groups in total. The summed E-state index contributed by atoms with van der Waals surface area (Å²) in [5, 5.41) is 194. The van der Waals surface area contributed by atoms with Crippen LogP contribution in [0.15, 0.2) is 12.2 Å². The lowest BCUT2D eigenvalue weighted by atomic mass is 9.88. The third-order valence-electron chi connectivity index (χ3n) is 16.8. The first-order valence-corrected chi connectivity index (χ1v) is 32.1. The van der Waals surface area contributed by atoms with Crippen molar-refractivity contribution in [2.75, 3.05) is 39.6 Å². The van der Waals surface area contributed by atoms with Crippen LogP contribution in [0, 0.1) is 0 Å². The Bertz CT molecular complexity index is 2280. The topological polar surface area (TPSA) is 541 Å². The molecule has 5 rings (SSSR count). The lowest BCUT2D eigenvalue weighted by Gasteiger charge is -2.52. The maximum atomic E-state index is 13.7. The molecule has 0 radical (unpaired) electrons. The van der Waals surface area contributed by atoms with E-state index in [1.165, 1.54) is 44.6 Å². The van der Waals surface area contributed by atoms with Crippen LogP contribution in [-0.2, 0) is 66.5 Å². The van der Waals surface area contributed by atoms with E-state index >= 15 is 0 Å². The predicted molar refractivity (Wildman–Crippen MR) is 314 cm³/mol. The standard InChI is InChI=1S/C57H97Cl2N3O31/c1-4-5-6-7-8-9-10-11-12-13-14-15-16-17-28(70)27(62-51(81)50(58)59)24-84-53-43(79)41(77)45(33(22-66)87-53)89-55-44(80)49(93-57(56(82)83)18-29(71)35(60-25(2)68)48(92-57)37(73)30(72)19-63)46(34(23-67)88-55)90-52-36(61-26(3)69)47(39(75)32(21-65)85-52)91-54-42(78)40(76)38(74)31(20-64)86-54/h16-17,27-50,52-55,63-67,70-80H,4-15,18-24H2,1-3H3,(H,60,68)(H,61,69)(H,62,81)(H,82,83)/b17-16+/t27-,28+,29-,30-,31-,32-,33-,34-,35-,36+,37-,38+,39+,40+,41-,42+,43+,44+,45+,46+,47-,48+,49-,52+,53-,54-,55-,57+/m1/s1. The molecule has 0 aromatic rings. The van der Waals surface area contributed by atoms with Gasteiger partial charge in [-0.1, -0.05) is 106 Å². The summed E-state index contributed by atoms with van der Waals surface area (Å²) in [6, 6.07) is -5.01. The molecule has 0 bridgehead atoms. The van der Waals surface area contributed by atoms with Crippen LogP contribution in [0.3, 0.4) is 0 Å². The molecule has 3 amide bonds. The SMILES string of the molecule is CCCCCCCCCCCCC/C=C/[C@H](O)[C@@H](CO[C@@H]1O[C@H](CO)[C@H](O[C@H]2O[C@H](CO)[C@H](O[C@@H]3O[C@H](CO)[C@H](O)[C@H](O[C@H]4O[C@H](CO)[C@H](O)[C@H](O)[C@@H]4O)[C@@H]3NC(C)=O)[C@H](O[C@]3(C(=O)O)C[C@@H](O)[C@@H](NC(C)=O)[C@@H]([C@H](O)[C@H](O)CO)O3)[C@@H]2O)[C@H](O)[C@@H]1O)NC(=O)C(Cl)Cl. The number of rotatable bonds is 37. The smallest absolute Gasteiger partial charge is 0.364 e. The molecule has 540 valence electrons. The molecule has 5 fully saturated rings. The molecule has 34 nitrogen and oxygen atoms in total. The number of hydrogen-bond donors (Lipinski definition) is 20. The summed E-state index contributed by atoms with van der Waals surface area (Å²) in [6.45, 7) is -2.18. The van der Waals surface area contributed by atoms with E-state index in [0.717, 1.165) is 46.0 Å². The highest BCUT2D eigenvalue weighted by Gasteiger charge is 2.62. The average Bonchev–Trinajstić information content (AvgIpc) is 1.40. The van der Waals surface area contributed by atoms with Crippen molar-refractivity contribution in [2.24, 2.45) is 0 Å². The molecular formula is C57H97Cl2N3O31. The van der Waals surface area contributed by atoms with Gasteiger partial charge in [0.2, 0.25) is 11.8 Å². The summed E-state index contributed by atoms with van der Waals surface area (Å²) in [5.74, 6) is -8.32. The molecule has 5 heterocycles. The van der Waals surface area contributed by atoms with Crippen LogP contribution in [0.5, 0.6) is 0 Å². The van der Waals surface area contributed by atoms with Crippen LogP contribution < -0.4 is 16.0 Å². The Kier molecular flexibility index (Phi) is 34.0. The number of aliphatic hydroxyl groups excluding tert-OH is 16. The molecule has 5 saturated heterocycles. The van der Waals surface area contributed by atoms with Gasteiger partial charge in [-0.05, 0) is 12.8 Å². The van der Waals surface area contributed by atoms with Crippen molar-refractivity contribution in [2.45, 2.75) is 280 Å². The monoisotopic (exact) mass is 1390 g/mol. The maximum absolute atomic E-state index is 13.7. The number of halogens is 2. The van der Waals surface area contributed by atoms with Gasteiger partial charge in [-0.25, -0.2) is 4.79 Å². The number of amides is 3. The van der Waals surface area contributed by atoms with E-state index in [4.69, 9.17) is 70.6 Å². The molecule has 0 saturated carbocycles. The minimum absolute atomic E-state index is 0.578. The van der Waals surface area contributed by atoms with Gasteiger partial charge in [0.1, 0.15) is 116 Å². The molecule has 0 aromatic heterocycles. The normalized spacial score (nSPS) is 38.1. The number of hydrogen-bond acceptors (Lipinski definition) is 30. The van der Waals surface area contributed by atoms with Crippen molar-refractivity contribution >= 4 is 46.9 Å². The number of carbonyl (C=O) groups excluding carboxylic acids is 3. The Morgan fingerprint density at radius 1 is 0.581 bits per heavy atom. The van der Waals surface area contributed by atoms with Gasteiger partial charge in [0.25, 0.3) is 11.7 Å². The quantitative estimate of drug-likeness (QED) is 0.0156. The second-order valence-electron chi connectivity index (χ2n) is 23.8. The summed E-state index contributed by atoms with van der Waals surface area (Å²) >= 11 is 11.6. The zero-order valence-corrected chi connectivity index (χ0v) is 53.3. The Morgan fingerprint density at radius 3 is 1.63 bits per heavy atom. The van der Waals surface area contributed by atoms with Gasteiger partial charge in [-0.15, -0.1) is 0 Å². The number of carboxylic acid groups (broad SMARTS) is 1. The van der Waals surface area contributed by atoms with Crippen LogP contribution in [0.2, 0.25) is 0 Å². The van der Waals surface area contributed by atoms with Crippen LogP contribution in [-0.4, -0.2) is 326 Å². The minimum Gasteiger partial charge on any atom is -0.477 e. The number of ether oxygens (including phenoxy) is 10. The fraction of sp³-hybridized carbons (Fsp3) is 0.895. The zero-order valence-electron chi connectivity index (χ0n) is 51.8. The number of alkyl halides is 2. The Balaban J connectivity index is 1.46. The zero-order chi connectivity index (χ0) is 69.0. The van der Waals surface area contributed by atoms with Crippen LogP contribution in [0.1, 0.15) is 104 Å². The molecule has 0 aliphatic carbocycles. The van der Waals surface area contributed by atoms with E-state index in [1.54, 1.807) is 6.08 Å². The molecule has 0 unspecified atom stereocenters. The number of carboxylic acids is 1. The fourth-order valence-corrected chi connectivity index (χ4v) is 11.7. The van der Waals surface area contributed by atoms with Gasteiger partial charge in [0.05, 0.1) is 63.9 Å². The number of aliphatic carboxylic acids is 1. The first kappa shape index (κ1) is 80.8. The molecule has 0 aromatic carbocycles. The van der Waals surface area contributed by atoms with Crippen molar-refractivity contribution in [3.63, 3.8) is 0 Å². The van der Waals surface area contributed by atoms with Crippen molar-refractivity contribution < 1.29 is 153 Å². The van der Waals surface area contributed by atoms with Crippen LogP contribution in [0.4, 0.5) is 0 Å². The Hall–Kier alpha value is -2.84. The van der Waals surface area contributed by atoms with Crippen molar-refractivity contribution in [3.8, 4) is 0 Å². The largest absolute Gasteiger partial charge is 0.477 e. The van der Waals surface area contributed by atoms with Gasteiger partial charge in [0, 0.05) is 20.3 Å². The van der Waals surface area contributed by atoms with E-state index in [9.17, 15) is 106 Å². The summed E-state index contributed by atoms with van der Waals surface area (Å²) in [5.41, 5.74) is 0. The summed E-state index contributed by atoms with van der Waals surface area (Å²) in [6.07, 6.45) is -35.1. The Labute approximate surface area is 546 Å². The first-order chi connectivity index (χ1) is 44.1. The van der Waals surface area contributed by atoms with E-state index < -0.39 is 246 Å². The molecule has 93 heavy (non-hydrogen) atoms. The van der Waals surface area contributed by atoms with Crippen molar-refractivity contribution in [1.82, 2.24) is 16.0 Å². The van der Waals surface area contributed by atoms with Gasteiger partial charge in [-0.3, -0.25) is 14.4 Å². The van der Waals surface area contributed by atoms with Gasteiger partial charge in [-0.2, -0.15) is 0 Å². The van der Waals surface area contributed by atoms with E-state index in [2.05, 4.69) is 22.9 Å². The summed E-state index contributed by atoms with van der Waals surface area (Å²) in [4.78, 5) is 50.2. The number of nitrogens with one attached hydrogen (secondary N) is 3. The third kappa shape index (κ3) is 21.8.